The van der Waals surface area contributed by atoms with E-state index in [4.69, 9.17) is 4.42 Å². The minimum Gasteiger partial charge on any atom is -0.472 e. The molecular weight excluding hydrogens is 421 g/mol. The van der Waals surface area contributed by atoms with Crippen molar-refractivity contribution in [1.29, 1.82) is 0 Å². The number of anilines is 2. The van der Waals surface area contributed by atoms with Crippen LogP contribution in [0, 0.1) is 23.2 Å². The molecule has 2 aromatic rings. The van der Waals surface area contributed by atoms with Crippen LogP contribution >= 0.6 is 0 Å². The minimum absolute atomic E-state index is 0.0115. The maximum atomic E-state index is 13.7. The predicted octanol–water partition coefficient (Wildman–Crippen LogP) is 6.10. The summed E-state index contributed by atoms with van der Waals surface area (Å²) < 4.78 is 46.0. The van der Waals surface area contributed by atoms with Gasteiger partial charge in [-0.15, -0.1) is 0 Å². The average molecular weight is 446 g/mol. The van der Waals surface area contributed by atoms with Crippen molar-refractivity contribution in [2.45, 2.75) is 51.1 Å². The summed E-state index contributed by atoms with van der Waals surface area (Å²) in [6, 6.07) is 4.82. The van der Waals surface area contributed by atoms with Crippen molar-refractivity contribution in [2.75, 3.05) is 10.6 Å². The monoisotopic (exact) mass is 446 g/mol. The van der Waals surface area contributed by atoms with Crippen LogP contribution < -0.4 is 10.6 Å². The number of hydrogen-bond donors (Lipinski definition) is 2. The molecule has 1 aromatic carbocycles. The highest BCUT2D eigenvalue weighted by Crippen LogP contribution is 2.61. The molecule has 8 heteroatoms. The first-order chi connectivity index (χ1) is 15.2. The molecule has 0 spiro atoms. The van der Waals surface area contributed by atoms with Crippen molar-refractivity contribution in [3.8, 4) is 0 Å². The minimum atomic E-state index is -4.68. The Labute approximate surface area is 183 Å². The molecule has 0 saturated heterocycles. The molecule has 4 bridgehead atoms. The Kier molecular flexibility index (Phi) is 5.06. The van der Waals surface area contributed by atoms with Gasteiger partial charge in [0.25, 0.3) is 5.91 Å². The van der Waals surface area contributed by atoms with Crippen molar-refractivity contribution < 1.29 is 27.2 Å². The second kappa shape index (κ2) is 7.67. The lowest BCUT2D eigenvalue weighted by Gasteiger charge is -2.56. The quantitative estimate of drug-likeness (QED) is 0.583. The summed E-state index contributed by atoms with van der Waals surface area (Å²) in [7, 11) is 0. The summed E-state index contributed by atoms with van der Waals surface area (Å²) >= 11 is 0. The number of nitrogens with one attached hydrogen (secondary N) is 2. The van der Waals surface area contributed by atoms with Crippen LogP contribution in [0.15, 0.2) is 41.2 Å². The van der Waals surface area contributed by atoms with Crippen LogP contribution in [0.4, 0.5) is 24.5 Å². The molecule has 6 rings (SSSR count). The summed E-state index contributed by atoms with van der Waals surface area (Å²) in [6.07, 6.45) is 4.86. The molecule has 4 aliphatic carbocycles. The van der Waals surface area contributed by atoms with Gasteiger partial charge >= 0.3 is 6.18 Å². The molecule has 0 unspecified atom stereocenters. The lowest BCUT2D eigenvalue weighted by Crippen LogP contribution is -2.47. The van der Waals surface area contributed by atoms with E-state index in [0.717, 1.165) is 25.3 Å². The molecule has 5 nitrogen and oxygen atoms in total. The van der Waals surface area contributed by atoms with Gasteiger partial charge in [-0.05, 0) is 86.0 Å². The Morgan fingerprint density at radius 2 is 1.66 bits per heavy atom. The zero-order valence-corrected chi connectivity index (χ0v) is 17.5. The van der Waals surface area contributed by atoms with Crippen LogP contribution in [0.2, 0.25) is 0 Å². The highest BCUT2D eigenvalue weighted by Gasteiger charge is 2.51. The van der Waals surface area contributed by atoms with Gasteiger partial charge in [0.15, 0.2) is 0 Å². The number of halogens is 3. The van der Waals surface area contributed by atoms with E-state index in [2.05, 4.69) is 10.6 Å². The van der Waals surface area contributed by atoms with Gasteiger partial charge in [0.2, 0.25) is 5.91 Å². The molecule has 0 radical (unpaired) electrons. The number of furan rings is 1. The summed E-state index contributed by atoms with van der Waals surface area (Å²) in [4.78, 5) is 25.0. The highest BCUT2D eigenvalue weighted by molar-refractivity contribution is 6.04. The first-order valence-corrected chi connectivity index (χ1v) is 11.0. The van der Waals surface area contributed by atoms with Crippen LogP contribution in [0.3, 0.4) is 0 Å². The second-order valence-electron chi connectivity index (χ2n) is 9.87. The third-order valence-corrected chi connectivity index (χ3v) is 7.34. The standard InChI is InChI=1S/C24H25F3N2O3/c25-24(26,27)19-8-18(28-22(31)17-3-4-32-13-17)1-2-20(19)29-21(30)12-23-9-14-5-15(10-23)7-16(6-14)11-23/h1-4,8,13-16H,5-7,9-12H2,(H,28,31)(H,29,30). The van der Waals surface area contributed by atoms with E-state index in [1.807, 2.05) is 0 Å². The van der Waals surface area contributed by atoms with Gasteiger partial charge in [-0.25, -0.2) is 0 Å². The molecule has 4 fully saturated rings. The second-order valence-corrected chi connectivity index (χ2v) is 9.87. The predicted molar refractivity (Wildman–Crippen MR) is 112 cm³/mol. The maximum Gasteiger partial charge on any atom is 0.418 e. The normalized spacial score (nSPS) is 28.5. The van der Waals surface area contributed by atoms with Gasteiger partial charge in [-0.2, -0.15) is 13.2 Å². The number of benzene rings is 1. The highest BCUT2D eigenvalue weighted by atomic mass is 19.4. The van der Waals surface area contributed by atoms with Crippen molar-refractivity contribution in [2.24, 2.45) is 23.2 Å². The van der Waals surface area contributed by atoms with Crippen LogP contribution in [0.5, 0.6) is 0 Å². The molecule has 4 aliphatic rings. The lowest BCUT2D eigenvalue weighted by molar-refractivity contribution is -0.137. The summed E-state index contributed by atoms with van der Waals surface area (Å²) in [5.41, 5.74) is -1.14. The van der Waals surface area contributed by atoms with Gasteiger partial charge in [-0.3, -0.25) is 9.59 Å². The Balaban J connectivity index is 1.31. The maximum absolute atomic E-state index is 13.7. The topological polar surface area (TPSA) is 71.3 Å². The molecule has 1 heterocycles. The smallest absolute Gasteiger partial charge is 0.418 e. The van der Waals surface area contributed by atoms with Gasteiger partial charge in [0, 0.05) is 12.1 Å². The van der Waals surface area contributed by atoms with E-state index >= 15 is 0 Å². The summed E-state index contributed by atoms with van der Waals surface area (Å²) in [5, 5.41) is 4.94. The van der Waals surface area contributed by atoms with E-state index in [9.17, 15) is 22.8 Å². The Bertz CT molecular complexity index is 994. The van der Waals surface area contributed by atoms with E-state index < -0.39 is 17.6 Å². The van der Waals surface area contributed by atoms with Gasteiger partial charge < -0.3 is 15.1 Å². The van der Waals surface area contributed by atoms with Crippen LogP contribution in [0.25, 0.3) is 0 Å². The van der Waals surface area contributed by atoms with E-state index in [0.29, 0.717) is 17.8 Å². The Morgan fingerprint density at radius 3 is 2.22 bits per heavy atom. The average Bonchev–Trinajstić information content (AvgIpc) is 3.21. The van der Waals surface area contributed by atoms with Crippen LogP contribution in [0.1, 0.15) is 60.9 Å². The fourth-order valence-electron chi connectivity index (χ4n) is 6.60. The SMILES string of the molecule is O=C(CC12CC3CC(CC(C3)C1)C2)Nc1ccc(NC(=O)c2ccoc2)cc1C(F)(F)F. The Morgan fingerprint density at radius 1 is 1.00 bits per heavy atom. The van der Waals surface area contributed by atoms with Gasteiger partial charge in [0.1, 0.15) is 6.26 Å². The number of alkyl halides is 3. The van der Waals surface area contributed by atoms with Crippen molar-refractivity contribution >= 4 is 23.2 Å². The molecule has 4 saturated carbocycles. The molecule has 2 amide bonds. The number of amides is 2. The number of carbonyl (C=O) groups excluding carboxylic acids is 2. The lowest BCUT2D eigenvalue weighted by atomic mass is 9.49. The van der Waals surface area contributed by atoms with Gasteiger partial charge in [-0.1, -0.05) is 0 Å². The van der Waals surface area contributed by atoms with Crippen LogP contribution in [-0.4, -0.2) is 11.8 Å². The van der Waals surface area contributed by atoms with Crippen molar-refractivity contribution in [1.82, 2.24) is 0 Å². The molecule has 1 aromatic heterocycles. The number of hydrogen-bond acceptors (Lipinski definition) is 3. The van der Waals surface area contributed by atoms with Gasteiger partial charge in [0.05, 0.1) is 23.1 Å². The molecule has 2 N–H and O–H groups in total. The van der Waals surface area contributed by atoms with Crippen molar-refractivity contribution in [3.63, 3.8) is 0 Å². The molecule has 0 atom stereocenters. The summed E-state index contributed by atoms with van der Waals surface area (Å²) in [6.45, 7) is 0. The molecular formula is C24H25F3N2O3. The first-order valence-electron chi connectivity index (χ1n) is 11.0. The fraction of sp³-hybridized carbons (Fsp3) is 0.500. The zero-order valence-electron chi connectivity index (χ0n) is 17.5. The van der Waals surface area contributed by atoms with E-state index in [1.165, 1.54) is 50.0 Å². The number of carbonyl (C=O) groups is 2. The first kappa shape index (κ1) is 21.1. The van der Waals surface area contributed by atoms with E-state index in [1.54, 1.807) is 0 Å². The number of rotatable bonds is 5. The molecule has 32 heavy (non-hydrogen) atoms. The third-order valence-electron chi connectivity index (χ3n) is 7.34. The Hall–Kier alpha value is -2.77. The fourth-order valence-corrected chi connectivity index (χ4v) is 6.60. The molecule has 170 valence electrons. The molecule has 0 aliphatic heterocycles. The largest absolute Gasteiger partial charge is 0.472 e. The summed E-state index contributed by atoms with van der Waals surface area (Å²) in [5.74, 6) is 1.05. The van der Waals surface area contributed by atoms with E-state index in [-0.39, 0.29) is 34.7 Å². The third kappa shape index (κ3) is 4.14. The van der Waals surface area contributed by atoms with Crippen molar-refractivity contribution in [3.05, 3.63) is 47.9 Å². The zero-order chi connectivity index (χ0) is 22.5. The van der Waals surface area contributed by atoms with Crippen LogP contribution in [-0.2, 0) is 11.0 Å².